The molecule has 7 nitrogen and oxygen atoms in total. The normalized spacial score (nSPS) is 26.2. The van der Waals surface area contributed by atoms with E-state index in [9.17, 15) is 19.5 Å². The number of imide groups is 1. The molecule has 2 saturated heterocycles. The molecule has 0 unspecified atom stereocenters. The van der Waals surface area contributed by atoms with E-state index >= 15 is 0 Å². The molecule has 0 aromatic heterocycles. The Balaban J connectivity index is 1.69. The van der Waals surface area contributed by atoms with Crippen molar-refractivity contribution in [2.45, 2.75) is 25.7 Å². The first-order chi connectivity index (χ1) is 12.6. The molecule has 0 radical (unpaired) electrons. The summed E-state index contributed by atoms with van der Waals surface area (Å²) in [5, 5.41) is 9.66. The second-order valence-corrected chi connectivity index (χ2v) is 7.12. The summed E-state index contributed by atoms with van der Waals surface area (Å²) in [6.45, 7) is 2.33. The first kappa shape index (κ1) is 17.0. The number of aromatic carboxylic acids is 1. The van der Waals surface area contributed by atoms with Crippen molar-refractivity contribution in [3.8, 4) is 0 Å². The van der Waals surface area contributed by atoms with Gasteiger partial charge in [0.2, 0.25) is 11.8 Å². The Labute approximate surface area is 151 Å². The molecular weight excluding hydrogens is 336 g/mol. The van der Waals surface area contributed by atoms with E-state index < -0.39 is 5.97 Å². The zero-order chi connectivity index (χ0) is 18.3. The summed E-state index contributed by atoms with van der Waals surface area (Å²) in [7, 11) is 0. The molecule has 1 aromatic rings. The molecule has 3 aliphatic rings. The second kappa shape index (κ2) is 6.72. The number of carbonyl (C=O) groups excluding carboxylic acids is 2. The van der Waals surface area contributed by atoms with E-state index in [1.807, 2.05) is 4.90 Å². The summed E-state index contributed by atoms with van der Waals surface area (Å²) < 4.78 is 5.32. The monoisotopic (exact) mass is 358 g/mol. The minimum absolute atomic E-state index is 0.111. The molecular formula is C19H22N2O5. The lowest BCUT2D eigenvalue weighted by atomic mass is 9.81. The molecule has 3 fully saturated rings. The molecule has 1 saturated carbocycles. The molecule has 1 aliphatic carbocycles. The summed E-state index contributed by atoms with van der Waals surface area (Å²) in [6, 6.07) is 4.84. The molecule has 0 bridgehead atoms. The lowest BCUT2D eigenvalue weighted by molar-refractivity contribution is -0.122. The average Bonchev–Trinajstić information content (AvgIpc) is 2.93. The number of ether oxygens (including phenoxy) is 1. The summed E-state index contributed by atoms with van der Waals surface area (Å²) in [5.74, 6) is -1.93. The number of anilines is 2. The van der Waals surface area contributed by atoms with Gasteiger partial charge in [-0.3, -0.25) is 14.5 Å². The van der Waals surface area contributed by atoms with Crippen molar-refractivity contribution in [3.05, 3.63) is 23.8 Å². The third-order valence-electron chi connectivity index (χ3n) is 5.66. The summed E-state index contributed by atoms with van der Waals surface area (Å²) in [6.07, 6.45) is 3.40. The number of carboxylic acids is 1. The van der Waals surface area contributed by atoms with Gasteiger partial charge >= 0.3 is 5.97 Å². The van der Waals surface area contributed by atoms with Gasteiger partial charge in [-0.1, -0.05) is 12.8 Å². The van der Waals surface area contributed by atoms with Crippen LogP contribution in [-0.4, -0.2) is 49.2 Å². The standard InChI is InChI=1S/C19H22N2O5/c22-17-13-3-1-2-4-14(13)18(23)21(17)12-5-6-16(15(11-12)19(24)25)20-7-9-26-10-8-20/h5-6,11,13-14H,1-4,7-10H2,(H,24,25)/t13-,14-/m0/s1. The molecule has 26 heavy (non-hydrogen) atoms. The van der Waals surface area contributed by atoms with Crippen molar-refractivity contribution in [3.63, 3.8) is 0 Å². The van der Waals surface area contributed by atoms with Crippen LogP contribution in [0.3, 0.4) is 0 Å². The van der Waals surface area contributed by atoms with Gasteiger partial charge in [0, 0.05) is 13.1 Å². The Bertz CT molecular complexity index is 732. The van der Waals surface area contributed by atoms with E-state index in [-0.39, 0.29) is 29.2 Å². The van der Waals surface area contributed by atoms with Crippen molar-refractivity contribution < 1.29 is 24.2 Å². The number of hydrogen-bond donors (Lipinski definition) is 1. The zero-order valence-corrected chi connectivity index (χ0v) is 14.5. The molecule has 138 valence electrons. The maximum absolute atomic E-state index is 12.7. The van der Waals surface area contributed by atoms with Crippen LogP contribution < -0.4 is 9.80 Å². The number of rotatable bonds is 3. The molecule has 2 amide bonds. The fraction of sp³-hybridized carbons (Fsp3) is 0.526. The van der Waals surface area contributed by atoms with E-state index in [0.717, 1.165) is 25.7 Å². The summed E-state index contributed by atoms with van der Waals surface area (Å²) in [4.78, 5) is 40.5. The second-order valence-electron chi connectivity index (χ2n) is 7.12. The topological polar surface area (TPSA) is 87.2 Å². The SMILES string of the molecule is O=C(O)c1cc(N2C(=O)[C@H]3CCCC[C@@H]3C2=O)ccc1N1CCOCC1. The van der Waals surface area contributed by atoms with Gasteiger partial charge in [-0.2, -0.15) is 0 Å². The van der Waals surface area contributed by atoms with E-state index in [2.05, 4.69) is 0 Å². The van der Waals surface area contributed by atoms with Crippen LogP contribution in [-0.2, 0) is 14.3 Å². The lowest BCUT2D eigenvalue weighted by Gasteiger charge is -2.30. The third-order valence-corrected chi connectivity index (χ3v) is 5.66. The van der Waals surface area contributed by atoms with Crippen LogP contribution in [0.15, 0.2) is 18.2 Å². The average molecular weight is 358 g/mol. The molecule has 1 N–H and O–H groups in total. The van der Waals surface area contributed by atoms with E-state index in [1.165, 1.54) is 11.0 Å². The number of carbonyl (C=O) groups is 3. The minimum Gasteiger partial charge on any atom is -0.478 e. The summed E-state index contributed by atoms with van der Waals surface area (Å²) >= 11 is 0. The Morgan fingerprint density at radius 3 is 2.23 bits per heavy atom. The van der Waals surface area contributed by atoms with Crippen molar-refractivity contribution >= 4 is 29.2 Å². The molecule has 1 aromatic carbocycles. The van der Waals surface area contributed by atoms with Crippen molar-refractivity contribution in [2.24, 2.45) is 11.8 Å². The number of nitrogens with zero attached hydrogens (tertiary/aromatic N) is 2. The van der Waals surface area contributed by atoms with Gasteiger partial charge in [-0.25, -0.2) is 4.79 Å². The van der Waals surface area contributed by atoms with Gasteiger partial charge in [0.05, 0.1) is 42.0 Å². The largest absolute Gasteiger partial charge is 0.478 e. The van der Waals surface area contributed by atoms with E-state index in [4.69, 9.17) is 4.74 Å². The highest BCUT2D eigenvalue weighted by Gasteiger charge is 2.48. The van der Waals surface area contributed by atoms with Crippen LogP contribution >= 0.6 is 0 Å². The lowest BCUT2D eigenvalue weighted by Crippen LogP contribution is -2.37. The number of amides is 2. The highest BCUT2D eigenvalue weighted by Crippen LogP contribution is 2.40. The first-order valence-corrected chi connectivity index (χ1v) is 9.16. The molecule has 4 rings (SSSR count). The van der Waals surface area contributed by atoms with Gasteiger partial charge in [-0.05, 0) is 31.0 Å². The predicted octanol–water partition coefficient (Wildman–Crippen LogP) is 1.90. The molecule has 7 heteroatoms. The Morgan fingerprint density at radius 2 is 1.65 bits per heavy atom. The van der Waals surface area contributed by atoms with Gasteiger partial charge in [0.25, 0.3) is 0 Å². The van der Waals surface area contributed by atoms with Gasteiger partial charge < -0.3 is 14.7 Å². The quantitative estimate of drug-likeness (QED) is 0.831. The van der Waals surface area contributed by atoms with Gasteiger partial charge in [0.1, 0.15) is 0 Å². The van der Waals surface area contributed by atoms with Crippen molar-refractivity contribution in [1.82, 2.24) is 0 Å². The van der Waals surface area contributed by atoms with Crippen molar-refractivity contribution in [2.75, 3.05) is 36.1 Å². The molecule has 0 spiro atoms. The van der Waals surface area contributed by atoms with Crippen LogP contribution in [0.25, 0.3) is 0 Å². The van der Waals surface area contributed by atoms with Crippen LogP contribution in [0.5, 0.6) is 0 Å². The first-order valence-electron chi connectivity index (χ1n) is 9.16. The van der Waals surface area contributed by atoms with Gasteiger partial charge in [-0.15, -0.1) is 0 Å². The number of fused-ring (bicyclic) bond motifs is 1. The van der Waals surface area contributed by atoms with Crippen LogP contribution in [0.2, 0.25) is 0 Å². The van der Waals surface area contributed by atoms with Crippen LogP contribution in [0.4, 0.5) is 11.4 Å². The van der Waals surface area contributed by atoms with E-state index in [1.54, 1.807) is 12.1 Å². The van der Waals surface area contributed by atoms with E-state index in [0.29, 0.717) is 37.7 Å². The Hall–Kier alpha value is -2.41. The van der Waals surface area contributed by atoms with Crippen molar-refractivity contribution in [1.29, 1.82) is 0 Å². The Morgan fingerprint density at radius 1 is 1.04 bits per heavy atom. The predicted molar refractivity (Wildman–Crippen MR) is 94.4 cm³/mol. The maximum Gasteiger partial charge on any atom is 0.337 e. The number of morpholine rings is 1. The molecule has 2 aliphatic heterocycles. The fourth-order valence-electron chi connectivity index (χ4n) is 4.33. The molecule has 2 heterocycles. The van der Waals surface area contributed by atoms with Gasteiger partial charge in [0.15, 0.2) is 0 Å². The highest BCUT2D eigenvalue weighted by atomic mass is 16.5. The maximum atomic E-state index is 12.7. The Kier molecular flexibility index (Phi) is 4.40. The number of carboxylic acid groups (broad SMARTS) is 1. The zero-order valence-electron chi connectivity index (χ0n) is 14.5. The number of hydrogen-bond acceptors (Lipinski definition) is 5. The molecule has 2 atom stereocenters. The fourth-order valence-corrected chi connectivity index (χ4v) is 4.33. The van der Waals surface area contributed by atoms with Crippen LogP contribution in [0, 0.1) is 11.8 Å². The van der Waals surface area contributed by atoms with Crippen LogP contribution in [0.1, 0.15) is 36.0 Å². The smallest absolute Gasteiger partial charge is 0.337 e. The minimum atomic E-state index is -1.06. The summed E-state index contributed by atoms with van der Waals surface area (Å²) in [5.41, 5.74) is 1.07. The highest BCUT2D eigenvalue weighted by molar-refractivity contribution is 6.22. The number of benzene rings is 1. The third kappa shape index (κ3) is 2.76.